The molecular formula is C16H30N2O3. The topological polar surface area (TPSA) is 69.6 Å². The first-order valence-corrected chi connectivity index (χ1v) is 7.99. The van der Waals surface area contributed by atoms with Crippen LogP contribution in [0.15, 0.2) is 0 Å². The number of amides is 1. The van der Waals surface area contributed by atoms with E-state index in [9.17, 15) is 14.7 Å². The zero-order valence-corrected chi connectivity index (χ0v) is 13.8. The average Bonchev–Trinajstić information content (AvgIpc) is 2.42. The first-order chi connectivity index (χ1) is 9.82. The van der Waals surface area contributed by atoms with Crippen LogP contribution in [0.5, 0.6) is 0 Å². The number of hydrogen-bond donors (Lipinski definition) is 2. The van der Waals surface area contributed by atoms with Crippen molar-refractivity contribution < 1.29 is 14.7 Å². The number of carbonyl (C=O) groups is 2. The molecule has 0 aromatic heterocycles. The summed E-state index contributed by atoms with van der Waals surface area (Å²) in [5.41, 5.74) is 0. The zero-order chi connectivity index (χ0) is 16.0. The summed E-state index contributed by atoms with van der Waals surface area (Å²) in [6, 6.07) is 0.292. The van der Waals surface area contributed by atoms with Gasteiger partial charge >= 0.3 is 5.97 Å². The van der Waals surface area contributed by atoms with Crippen molar-refractivity contribution in [2.24, 2.45) is 17.8 Å². The Morgan fingerprint density at radius 3 is 2.24 bits per heavy atom. The molecule has 1 aliphatic carbocycles. The van der Waals surface area contributed by atoms with Gasteiger partial charge in [-0.15, -0.1) is 0 Å². The van der Waals surface area contributed by atoms with Crippen LogP contribution in [0.4, 0.5) is 0 Å². The summed E-state index contributed by atoms with van der Waals surface area (Å²) in [5.74, 6) is -1.23. The molecule has 0 aromatic carbocycles. The van der Waals surface area contributed by atoms with Gasteiger partial charge in [0.1, 0.15) is 0 Å². The molecular weight excluding hydrogens is 268 g/mol. The number of hydrogen-bond acceptors (Lipinski definition) is 3. The summed E-state index contributed by atoms with van der Waals surface area (Å²) < 4.78 is 0. The van der Waals surface area contributed by atoms with Gasteiger partial charge in [0.15, 0.2) is 0 Å². The lowest BCUT2D eigenvalue weighted by Crippen LogP contribution is -2.45. The van der Waals surface area contributed by atoms with Gasteiger partial charge in [-0.3, -0.25) is 9.59 Å². The first kappa shape index (κ1) is 18.0. The van der Waals surface area contributed by atoms with Gasteiger partial charge in [-0.05, 0) is 39.3 Å². The smallest absolute Gasteiger partial charge is 0.307 e. The fourth-order valence-corrected chi connectivity index (χ4v) is 3.11. The van der Waals surface area contributed by atoms with Crippen LogP contribution in [0.1, 0.15) is 46.0 Å². The van der Waals surface area contributed by atoms with Crippen molar-refractivity contribution in [2.75, 3.05) is 20.6 Å². The van der Waals surface area contributed by atoms with E-state index in [-0.39, 0.29) is 11.8 Å². The SMILES string of the molecule is CC(C)CC(CNC(=O)[C@@H]1CCCC[C@@H]1C(=O)O)N(C)C. The Morgan fingerprint density at radius 1 is 1.19 bits per heavy atom. The van der Waals surface area contributed by atoms with Crippen LogP contribution in [0.25, 0.3) is 0 Å². The Bertz CT molecular complexity index is 355. The van der Waals surface area contributed by atoms with Gasteiger partial charge < -0.3 is 15.3 Å². The van der Waals surface area contributed by atoms with E-state index in [1.807, 2.05) is 14.1 Å². The van der Waals surface area contributed by atoms with E-state index in [0.717, 1.165) is 19.3 Å². The third-order valence-corrected chi connectivity index (χ3v) is 4.41. The predicted molar refractivity (Wildman–Crippen MR) is 83.0 cm³/mol. The number of carbonyl (C=O) groups excluding carboxylic acids is 1. The van der Waals surface area contributed by atoms with Gasteiger partial charge in [-0.1, -0.05) is 26.7 Å². The van der Waals surface area contributed by atoms with Gasteiger partial charge in [0.05, 0.1) is 11.8 Å². The molecule has 5 heteroatoms. The maximum Gasteiger partial charge on any atom is 0.307 e. The average molecular weight is 298 g/mol. The van der Waals surface area contributed by atoms with Crippen molar-refractivity contribution in [3.8, 4) is 0 Å². The van der Waals surface area contributed by atoms with Gasteiger partial charge in [0, 0.05) is 12.6 Å². The Hall–Kier alpha value is -1.10. The molecule has 0 saturated heterocycles. The van der Waals surface area contributed by atoms with Gasteiger partial charge in [-0.2, -0.15) is 0 Å². The van der Waals surface area contributed by atoms with E-state index in [1.165, 1.54) is 0 Å². The molecule has 0 aromatic rings. The van der Waals surface area contributed by atoms with Crippen molar-refractivity contribution in [1.82, 2.24) is 10.2 Å². The third-order valence-electron chi connectivity index (χ3n) is 4.41. The molecule has 1 fully saturated rings. The fraction of sp³-hybridized carbons (Fsp3) is 0.875. The van der Waals surface area contributed by atoms with E-state index in [2.05, 4.69) is 24.1 Å². The van der Waals surface area contributed by atoms with Gasteiger partial charge in [0.25, 0.3) is 0 Å². The molecule has 0 radical (unpaired) electrons. The Balaban J connectivity index is 2.56. The molecule has 3 atom stereocenters. The third kappa shape index (κ3) is 5.65. The number of nitrogens with zero attached hydrogens (tertiary/aromatic N) is 1. The highest BCUT2D eigenvalue weighted by molar-refractivity contribution is 5.84. The van der Waals surface area contributed by atoms with Crippen molar-refractivity contribution >= 4 is 11.9 Å². The van der Waals surface area contributed by atoms with E-state index >= 15 is 0 Å². The molecule has 1 saturated carbocycles. The predicted octanol–water partition coefficient (Wildman–Crippen LogP) is 1.97. The number of nitrogens with one attached hydrogen (secondary N) is 1. The summed E-state index contributed by atoms with van der Waals surface area (Å²) in [6.07, 6.45) is 4.19. The van der Waals surface area contributed by atoms with E-state index < -0.39 is 11.9 Å². The van der Waals surface area contributed by atoms with Crippen molar-refractivity contribution in [3.63, 3.8) is 0 Å². The molecule has 0 spiro atoms. The van der Waals surface area contributed by atoms with Crippen LogP contribution in [-0.2, 0) is 9.59 Å². The second-order valence-electron chi connectivity index (χ2n) is 6.83. The highest BCUT2D eigenvalue weighted by atomic mass is 16.4. The van der Waals surface area contributed by atoms with Crippen LogP contribution in [0.2, 0.25) is 0 Å². The highest BCUT2D eigenvalue weighted by Gasteiger charge is 2.35. The fourth-order valence-electron chi connectivity index (χ4n) is 3.11. The minimum Gasteiger partial charge on any atom is -0.481 e. The summed E-state index contributed by atoms with van der Waals surface area (Å²) in [6.45, 7) is 4.92. The van der Waals surface area contributed by atoms with Crippen LogP contribution in [0.3, 0.4) is 0 Å². The van der Waals surface area contributed by atoms with Crippen molar-refractivity contribution in [2.45, 2.75) is 52.0 Å². The molecule has 1 aliphatic rings. The Morgan fingerprint density at radius 2 is 1.76 bits per heavy atom. The summed E-state index contributed by atoms with van der Waals surface area (Å²) in [5, 5.41) is 12.2. The second-order valence-corrected chi connectivity index (χ2v) is 6.83. The number of likely N-dealkylation sites (N-methyl/N-ethyl adjacent to an activating group) is 1. The van der Waals surface area contributed by atoms with E-state index in [4.69, 9.17) is 0 Å². The lowest BCUT2D eigenvalue weighted by Gasteiger charge is -2.30. The molecule has 122 valence electrons. The lowest BCUT2D eigenvalue weighted by molar-refractivity contribution is -0.149. The van der Waals surface area contributed by atoms with Crippen LogP contribution < -0.4 is 5.32 Å². The molecule has 21 heavy (non-hydrogen) atoms. The normalized spacial score (nSPS) is 24.1. The quantitative estimate of drug-likeness (QED) is 0.754. The maximum absolute atomic E-state index is 12.3. The lowest BCUT2D eigenvalue weighted by atomic mass is 9.78. The number of carboxylic acid groups (broad SMARTS) is 1. The molecule has 0 heterocycles. The van der Waals surface area contributed by atoms with Crippen molar-refractivity contribution in [3.05, 3.63) is 0 Å². The van der Waals surface area contributed by atoms with Crippen LogP contribution in [-0.4, -0.2) is 48.6 Å². The number of carboxylic acids is 1. The van der Waals surface area contributed by atoms with Crippen LogP contribution in [0, 0.1) is 17.8 Å². The summed E-state index contributed by atoms with van der Waals surface area (Å²) in [4.78, 5) is 25.7. The van der Waals surface area contributed by atoms with Crippen molar-refractivity contribution in [1.29, 1.82) is 0 Å². The standard InChI is InChI=1S/C16H30N2O3/c1-11(2)9-12(18(3)4)10-17-15(19)13-7-5-6-8-14(13)16(20)21/h11-14H,5-10H2,1-4H3,(H,17,19)(H,20,21)/t12?,13-,14+/m1/s1. The minimum absolute atomic E-state index is 0.0855. The summed E-state index contributed by atoms with van der Waals surface area (Å²) >= 11 is 0. The molecule has 5 nitrogen and oxygen atoms in total. The number of rotatable bonds is 7. The molecule has 0 bridgehead atoms. The monoisotopic (exact) mass is 298 g/mol. The first-order valence-electron chi connectivity index (χ1n) is 7.99. The Kier molecular flexibility index (Phi) is 7.15. The second kappa shape index (κ2) is 8.37. The molecule has 1 rings (SSSR count). The van der Waals surface area contributed by atoms with Gasteiger partial charge in [-0.25, -0.2) is 0 Å². The minimum atomic E-state index is -0.832. The molecule has 0 aliphatic heterocycles. The summed E-state index contributed by atoms with van der Waals surface area (Å²) in [7, 11) is 4.03. The maximum atomic E-state index is 12.3. The van der Waals surface area contributed by atoms with Gasteiger partial charge in [0.2, 0.25) is 5.91 Å². The van der Waals surface area contributed by atoms with E-state index in [1.54, 1.807) is 0 Å². The molecule has 1 unspecified atom stereocenters. The largest absolute Gasteiger partial charge is 0.481 e. The molecule has 1 amide bonds. The zero-order valence-electron chi connectivity index (χ0n) is 13.8. The van der Waals surface area contributed by atoms with Crippen LogP contribution >= 0.6 is 0 Å². The van der Waals surface area contributed by atoms with E-state index in [0.29, 0.717) is 31.3 Å². The molecule has 2 N–H and O–H groups in total. The number of aliphatic carboxylic acids is 1. The Labute approximate surface area is 128 Å². The highest BCUT2D eigenvalue weighted by Crippen LogP contribution is 2.30.